The first-order valence-corrected chi connectivity index (χ1v) is 8.36. The molecule has 0 spiro atoms. The highest BCUT2D eigenvalue weighted by Gasteiger charge is 2.31. The third-order valence-electron chi connectivity index (χ3n) is 4.06. The number of hydrogen-bond donors (Lipinski definition) is 1. The van der Waals surface area contributed by atoms with Gasteiger partial charge >= 0.3 is 6.18 Å². The van der Waals surface area contributed by atoms with E-state index in [-0.39, 0.29) is 12.1 Å². The van der Waals surface area contributed by atoms with Gasteiger partial charge in [-0.25, -0.2) is 9.67 Å². The number of nitrogens with zero attached hydrogens (tertiary/aromatic N) is 3. The number of nitrogens with one attached hydrogen (secondary N) is 1. The molecule has 1 aromatic heterocycles. The van der Waals surface area contributed by atoms with Gasteiger partial charge in [0.25, 0.3) is 0 Å². The van der Waals surface area contributed by atoms with Crippen molar-refractivity contribution in [1.82, 2.24) is 14.8 Å². The minimum atomic E-state index is -4.52. The summed E-state index contributed by atoms with van der Waals surface area (Å²) in [6.07, 6.45) is -1.38. The normalized spacial score (nSPS) is 11.3. The summed E-state index contributed by atoms with van der Waals surface area (Å²) in [5.74, 6) is 0.297. The highest BCUT2D eigenvalue weighted by atomic mass is 19.4. The van der Waals surface area contributed by atoms with E-state index in [1.54, 1.807) is 19.2 Å². The van der Waals surface area contributed by atoms with Crippen molar-refractivity contribution in [3.8, 4) is 11.4 Å². The van der Waals surface area contributed by atoms with Crippen LogP contribution in [-0.4, -0.2) is 27.8 Å². The van der Waals surface area contributed by atoms with Crippen molar-refractivity contribution >= 4 is 11.6 Å². The molecule has 6 nitrogen and oxygen atoms in total. The Morgan fingerprint density at radius 1 is 1.18 bits per heavy atom. The van der Waals surface area contributed by atoms with Crippen molar-refractivity contribution < 1.29 is 22.7 Å². The molecule has 0 unspecified atom stereocenters. The number of benzene rings is 2. The second kappa shape index (κ2) is 8.12. The zero-order valence-electron chi connectivity index (χ0n) is 14.9. The standard InChI is InChI=1S/C19H17F3N4O2/c1-28-15-6-2-13(3-7-15)4-9-18(27)25-16-10-14(19(20,21)22)5-8-17(16)26-12-23-11-24-26/h2-3,5-8,10-12H,4,9H2,1H3,(H,25,27). The van der Waals surface area contributed by atoms with Crippen molar-refractivity contribution in [2.24, 2.45) is 0 Å². The van der Waals surface area contributed by atoms with E-state index in [9.17, 15) is 18.0 Å². The second-order valence-electron chi connectivity index (χ2n) is 5.97. The fourth-order valence-corrected chi connectivity index (χ4v) is 2.61. The van der Waals surface area contributed by atoms with Gasteiger partial charge in [0.05, 0.1) is 24.0 Å². The molecule has 146 valence electrons. The first-order chi connectivity index (χ1) is 13.4. The lowest BCUT2D eigenvalue weighted by Crippen LogP contribution is -2.16. The van der Waals surface area contributed by atoms with Crippen LogP contribution >= 0.6 is 0 Å². The molecule has 3 rings (SSSR count). The van der Waals surface area contributed by atoms with Gasteiger partial charge in [-0.05, 0) is 42.3 Å². The van der Waals surface area contributed by atoms with E-state index in [0.29, 0.717) is 17.9 Å². The Kier molecular flexibility index (Phi) is 5.62. The molecule has 0 bridgehead atoms. The SMILES string of the molecule is COc1ccc(CCC(=O)Nc2cc(C(F)(F)F)ccc2-n2cncn2)cc1. The predicted molar refractivity (Wildman–Crippen MR) is 96.3 cm³/mol. The van der Waals surface area contributed by atoms with Crippen LogP contribution < -0.4 is 10.1 Å². The van der Waals surface area contributed by atoms with Crippen molar-refractivity contribution in [1.29, 1.82) is 0 Å². The fourth-order valence-electron chi connectivity index (χ4n) is 2.61. The average molecular weight is 390 g/mol. The first-order valence-electron chi connectivity index (χ1n) is 8.36. The van der Waals surface area contributed by atoms with Gasteiger partial charge in [-0.1, -0.05) is 12.1 Å². The number of carbonyl (C=O) groups is 1. The van der Waals surface area contributed by atoms with Gasteiger partial charge in [0.2, 0.25) is 5.91 Å². The van der Waals surface area contributed by atoms with Crippen LogP contribution in [0.5, 0.6) is 5.75 Å². The van der Waals surface area contributed by atoms with Gasteiger partial charge in [0.1, 0.15) is 18.4 Å². The largest absolute Gasteiger partial charge is 0.497 e. The maximum atomic E-state index is 13.1. The average Bonchev–Trinajstić information content (AvgIpc) is 3.20. The molecule has 0 aliphatic carbocycles. The van der Waals surface area contributed by atoms with Gasteiger partial charge in [0.15, 0.2) is 0 Å². The van der Waals surface area contributed by atoms with Crippen molar-refractivity contribution in [3.05, 3.63) is 66.2 Å². The highest BCUT2D eigenvalue weighted by Crippen LogP contribution is 2.33. The van der Waals surface area contributed by atoms with Gasteiger partial charge in [-0.3, -0.25) is 4.79 Å². The summed E-state index contributed by atoms with van der Waals surface area (Å²) in [6.45, 7) is 0. The summed E-state index contributed by atoms with van der Waals surface area (Å²) in [5, 5.41) is 6.47. The number of aryl methyl sites for hydroxylation is 1. The number of halogens is 3. The van der Waals surface area contributed by atoms with Crippen LogP contribution in [0.2, 0.25) is 0 Å². The second-order valence-corrected chi connectivity index (χ2v) is 5.97. The Balaban J connectivity index is 1.76. The van der Waals surface area contributed by atoms with E-state index in [1.807, 2.05) is 12.1 Å². The van der Waals surface area contributed by atoms with Crippen molar-refractivity contribution in [2.75, 3.05) is 12.4 Å². The molecule has 0 atom stereocenters. The molecule has 0 saturated heterocycles. The lowest BCUT2D eigenvalue weighted by atomic mass is 10.1. The number of carbonyl (C=O) groups excluding carboxylic acids is 1. The zero-order chi connectivity index (χ0) is 20.1. The number of anilines is 1. The van der Waals surface area contributed by atoms with E-state index in [2.05, 4.69) is 15.4 Å². The molecule has 0 saturated carbocycles. The molecular weight excluding hydrogens is 373 g/mol. The van der Waals surface area contributed by atoms with E-state index in [4.69, 9.17) is 4.74 Å². The monoisotopic (exact) mass is 390 g/mol. The quantitative estimate of drug-likeness (QED) is 0.694. The van der Waals surface area contributed by atoms with Crippen LogP contribution in [0.25, 0.3) is 5.69 Å². The highest BCUT2D eigenvalue weighted by molar-refractivity contribution is 5.93. The van der Waals surface area contributed by atoms with Crippen LogP contribution in [0, 0.1) is 0 Å². The number of aromatic nitrogens is 3. The summed E-state index contributed by atoms with van der Waals surface area (Å²) in [7, 11) is 1.56. The van der Waals surface area contributed by atoms with Gasteiger partial charge in [-0.2, -0.15) is 18.3 Å². The Hall–Kier alpha value is -3.36. The summed E-state index contributed by atoms with van der Waals surface area (Å²) in [4.78, 5) is 16.1. The third kappa shape index (κ3) is 4.67. The molecule has 2 aromatic carbocycles. The summed E-state index contributed by atoms with van der Waals surface area (Å²) < 4.78 is 45.5. The van der Waals surface area contributed by atoms with Crippen LogP contribution in [0.15, 0.2) is 55.1 Å². The number of alkyl halides is 3. The fraction of sp³-hybridized carbons (Fsp3) is 0.211. The van der Waals surface area contributed by atoms with E-state index in [0.717, 1.165) is 17.7 Å². The number of methoxy groups -OCH3 is 1. The molecule has 1 N–H and O–H groups in total. The molecular formula is C19H17F3N4O2. The molecule has 0 radical (unpaired) electrons. The molecule has 0 aliphatic heterocycles. The summed E-state index contributed by atoms with van der Waals surface area (Å²) >= 11 is 0. The molecule has 9 heteroatoms. The lowest BCUT2D eigenvalue weighted by molar-refractivity contribution is -0.137. The Morgan fingerprint density at radius 3 is 2.54 bits per heavy atom. The van der Waals surface area contributed by atoms with Gasteiger partial charge in [0, 0.05) is 6.42 Å². The first kappa shape index (κ1) is 19.4. The number of ether oxygens (including phenoxy) is 1. The summed E-state index contributed by atoms with van der Waals surface area (Å²) in [5.41, 5.74) is 0.363. The Morgan fingerprint density at radius 2 is 1.93 bits per heavy atom. The van der Waals surface area contributed by atoms with Crippen molar-refractivity contribution in [3.63, 3.8) is 0 Å². The molecule has 1 heterocycles. The van der Waals surface area contributed by atoms with Crippen molar-refractivity contribution in [2.45, 2.75) is 19.0 Å². The van der Waals surface area contributed by atoms with Gasteiger partial charge < -0.3 is 10.1 Å². The maximum absolute atomic E-state index is 13.1. The van der Waals surface area contributed by atoms with E-state index < -0.39 is 17.6 Å². The molecule has 0 fully saturated rings. The molecule has 1 amide bonds. The van der Waals surface area contributed by atoms with E-state index in [1.165, 1.54) is 23.4 Å². The number of hydrogen-bond acceptors (Lipinski definition) is 4. The van der Waals surface area contributed by atoms with E-state index >= 15 is 0 Å². The third-order valence-corrected chi connectivity index (χ3v) is 4.06. The van der Waals surface area contributed by atoms with Crippen LogP contribution in [0.1, 0.15) is 17.5 Å². The Bertz CT molecular complexity index is 939. The minimum Gasteiger partial charge on any atom is -0.497 e. The topological polar surface area (TPSA) is 69.0 Å². The zero-order valence-corrected chi connectivity index (χ0v) is 14.9. The smallest absolute Gasteiger partial charge is 0.416 e. The van der Waals surface area contributed by atoms with Crippen LogP contribution in [-0.2, 0) is 17.4 Å². The van der Waals surface area contributed by atoms with Crippen LogP contribution in [0.4, 0.5) is 18.9 Å². The molecule has 3 aromatic rings. The number of amides is 1. The minimum absolute atomic E-state index is 0.0139. The number of rotatable bonds is 6. The predicted octanol–water partition coefficient (Wildman–Crippen LogP) is 3.87. The van der Waals surface area contributed by atoms with Crippen LogP contribution in [0.3, 0.4) is 0 Å². The Labute approximate surface area is 159 Å². The molecule has 0 aliphatic rings. The molecule has 28 heavy (non-hydrogen) atoms. The summed E-state index contributed by atoms with van der Waals surface area (Å²) in [6, 6.07) is 10.3. The maximum Gasteiger partial charge on any atom is 0.416 e. The lowest BCUT2D eigenvalue weighted by Gasteiger charge is -2.14. The van der Waals surface area contributed by atoms with Gasteiger partial charge in [-0.15, -0.1) is 0 Å².